The molecule has 0 radical (unpaired) electrons. The normalized spacial score (nSPS) is 11.8. The average molecular weight is 399 g/mol. The third-order valence-electron chi connectivity index (χ3n) is 4.35. The second-order valence-electron chi connectivity index (χ2n) is 6.48. The van der Waals surface area contributed by atoms with Crippen molar-refractivity contribution in [1.29, 1.82) is 0 Å². The highest BCUT2D eigenvalue weighted by Gasteiger charge is 2.17. The maximum atomic E-state index is 13.0. The summed E-state index contributed by atoms with van der Waals surface area (Å²) in [5.41, 5.74) is 3.03. The second kappa shape index (κ2) is 8.35. The SMILES string of the molecule is Cc1nc(-c2ccc(Cl)cc2)nc(NC(C)C(=O)Nc2ccc(F)cc2)c1C. The summed E-state index contributed by atoms with van der Waals surface area (Å²) >= 11 is 5.95. The summed E-state index contributed by atoms with van der Waals surface area (Å²) in [4.78, 5) is 21.6. The van der Waals surface area contributed by atoms with Crippen LogP contribution in [0.3, 0.4) is 0 Å². The Morgan fingerprint density at radius 1 is 1.04 bits per heavy atom. The summed E-state index contributed by atoms with van der Waals surface area (Å²) in [5, 5.41) is 6.53. The van der Waals surface area contributed by atoms with Crippen LogP contribution < -0.4 is 10.6 Å². The minimum Gasteiger partial charge on any atom is -0.358 e. The molecule has 0 aliphatic heterocycles. The first-order valence-corrected chi connectivity index (χ1v) is 9.15. The molecule has 1 heterocycles. The van der Waals surface area contributed by atoms with Gasteiger partial charge in [0.25, 0.3) is 0 Å². The first-order chi connectivity index (χ1) is 13.3. The van der Waals surface area contributed by atoms with E-state index >= 15 is 0 Å². The molecule has 5 nitrogen and oxygen atoms in total. The Morgan fingerprint density at radius 2 is 1.68 bits per heavy atom. The first kappa shape index (κ1) is 19.8. The maximum absolute atomic E-state index is 13.0. The lowest BCUT2D eigenvalue weighted by atomic mass is 10.1. The smallest absolute Gasteiger partial charge is 0.246 e. The standard InChI is InChI=1S/C21H20ClFN4O/c1-12-13(2)24-20(15-4-6-16(22)7-5-15)27-19(12)25-14(3)21(28)26-18-10-8-17(23)9-11-18/h4-11,14H,1-3H3,(H,26,28)(H,24,25,27). The van der Waals surface area contributed by atoms with Crippen LogP contribution in [0.5, 0.6) is 0 Å². The van der Waals surface area contributed by atoms with Crippen LogP contribution in [-0.4, -0.2) is 21.9 Å². The highest BCUT2D eigenvalue weighted by atomic mass is 35.5. The number of aryl methyl sites for hydroxylation is 1. The fourth-order valence-corrected chi connectivity index (χ4v) is 2.68. The van der Waals surface area contributed by atoms with Gasteiger partial charge in [-0.05, 0) is 69.3 Å². The van der Waals surface area contributed by atoms with Crippen molar-refractivity contribution in [2.24, 2.45) is 0 Å². The number of hydrogen-bond donors (Lipinski definition) is 2. The zero-order chi connectivity index (χ0) is 20.3. The Bertz CT molecular complexity index is 991. The predicted octanol–water partition coefficient (Wildman–Crippen LogP) is 4.99. The first-order valence-electron chi connectivity index (χ1n) is 8.77. The average Bonchev–Trinajstić information content (AvgIpc) is 2.67. The number of benzene rings is 2. The molecule has 1 unspecified atom stereocenters. The fourth-order valence-electron chi connectivity index (χ4n) is 2.55. The Kier molecular flexibility index (Phi) is 5.90. The third kappa shape index (κ3) is 4.64. The van der Waals surface area contributed by atoms with Crippen molar-refractivity contribution in [2.45, 2.75) is 26.8 Å². The zero-order valence-electron chi connectivity index (χ0n) is 15.8. The summed E-state index contributed by atoms with van der Waals surface area (Å²) in [7, 11) is 0. The molecule has 2 N–H and O–H groups in total. The molecule has 0 bridgehead atoms. The molecule has 2 aromatic carbocycles. The molecule has 1 atom stereocenters. The van der Waals surface area contributed by atoms with Gasteiger partial charge < -0.3 is 10.6 Å². The number of nitrogens with one attached hydrogen (secondary N) is 2. The number of aromatic nitrogens is 2. The molecule has 0 spiro atoms. The van der Waals surface area contributed by atoms with Crippen LogP contribution in [0.1, 0.15) is 18.2 Å². The van der Waals surface area contributed by atoms with Crippen LogP contribution in [0, 0.1) is 19.7 Å². The van der Waals surface area contributed by atoms with Gasteiger partial charge in [-0.3, -0.25) is 4.79 Å². The number of carbonyl (C=O) groups excluding carboxylic acids is 1. The van der Waals surface area contributed by atoms with Crippen molar-refractivity contribution < 1.29 is 9.18 Å². The molecule has 0 saturated heterocycles. The molecule has 0 saturated carbocycles. The van der Waals surface area contributed by atoms with Crippen LogP contribution in [0.2, 0.25) is 5.02 Å². The number of amides is 1. The lowest BCUT2D eigenvalue weighted by Crippen LogP contribution is -2.32. The van der Waals surface area contributed by atoms with Gasteiger partial charge in [-0.15, -0.1) is 0 Å². The summed E-state index contributed by atoms with van der Waals surface area (Å²) in [6.07, 6.45) is 0. The van der Waals surface area contributed by atoms with Gasteiger partial charge in [-0.25, -0.2) is 14.4 Å². The lowest BCUT2D eigenvalue weighted by Gasteiger charge is -2.18. The van der Waals surface area contributed by atoms with Crippen LogP contribution in [0.25, 0.3) is 11.4 Å². The van der Waals surface area contributed by atoms with Crippen LogP contribution in [0.15, 0.2) is 48.5 Å². The summed E-state index contributed by atoms with van der Waals surface area (Å²) in [5.74, 6) is 0.522. The van der Waals surface area contributed by atoms with E-state index < -0.39 is 6.04 Å². The Hall–Kier alpha value is -2.99. The second-order valence-corrected chi connectivity index (χ2v) is 6.91. The molecule has 3 aromatic rings. The van der Waals surface area contributed by atoms with Crippen molar-refractivity contribution in [3.8, 4) is 11.4 Å². The summed E-state index contributed by atoms with van der Waals surface area (Å²) in [6.45, 7) is 5.52. The van der Waals surface area contributed by atoms with E-state index in [1.807, 2.05) is 26.0 Å². The number of halogens is 2. The van der Waals surface area contributed by atoms with Gasteiger partial charge in [0, 0.05) is 27.5 Å². The summed E-state index contributed by atoms with van der Waals surface area (Å²) in [6, 6.07) is 12.3. The van der Waals surface area contributed by atoms with Gasteiger partial charge in [0.1, 0.15) is 17.7 Å². The van der Waals surface area contributed by atoms with Crippen LogP contribution >= 0.6 is 11.6 Å². The fraction of sp³-hybridized carbons (Fsp3) is 0.190. The van der Waals surface area contributed by atoms with Crippen molar-refractivity contribution in [3.63, 3.8) is 0 Å². The van der Waals surface area contributed by atoms with Crippen molar-refractivity contribution in [3.05, 3.63) is 70.6 Å². The molecular weight excluding hydrogens is 379 g/mol. The quantitative estimate of drug-likeness (QED) is 0.635. The third-order valence-corrected chi connectivity index (χ3v) is 4.60. The molecule has 0 fully saturated rings. The minimum absolute atomic E-state index is 0.254. The molecule has 0 aliphatic rings. The van der Waals surface area contributed by atoms with Gasteiger partial charge in [-0.1, -0.05) is 11.6 Å². The van der Waals surface area contributed by atoms with E-state index in [0.29, 0.717) is 22.4 Å². The van der Waals surface area contributed by atoms with Crippen LogP contribution in [0.4, 0.5) is 15.9 Å². The predicted molar refractivity (Wildman–Crippen MR) is 110 cm³/mol. The highest BCUT2D eigenvalue weighted by Crippen LogP contribution is 2.23. The Morgan fingerprint density at radius 3 is 2.32 bits per heavy atom. The van der Waals surface area contributed by atoms with Gasteiger partial charge >= 0.3 is 0 Å². The van der Waals surface area contributed by atoms with Crippen molar-refractivity contribution >= 4 is 29.0 Å². The Labute approximate surface area is 168 Å². The topological polar surface area (TPSA) is 66.9 Å². The molecule has 1 aromatic heterocycles. The van der Waals surface area contributed by atoms with E-state index in [0.717, 1.165) is 16.8 Å². The van der Waals surface area contributed by atoms with E-state index in [-0.39, 0.29) is 11.7 Å². The van der Waals surface area contributed by atoms with Gasteiger partial charge in [0.2, 0.25) is 5.91 Å². The summed E-state index contributed by atoms with van der Waals surface area (Å²) < 4.78 is 13.0. The van der Waals surface area contributed by atoms with Crippen LogP contribution in [-0.2, 0) is 4.79 Å². The van der Waals surface area contributed by atoms with Gasteiger partial charge in [0.05, 0.1) is 0 Å². The van der Waals surface area contributed by atoms with E-state index in [1.54, 1.807) is 19.1 Å². The highest BCUT2D eigenvalue weighted by molar-refractivity contribution is 6.30. The molecule has 3 rings (SSSR count). The molecule has 1 amide bonds. The van der Waals surface area contributed by atoms with Crippen molar-refractivity contribution in [1.82, 2.24) is 9.97 Å². The maximum Gasteiger partial charge on any atom is 0.246 e. The molecule has 28 heavy (non-hydrogen) atoms. The number of rotatable bonds is 5. The number of anilines is 2. The molecule has 144 valence electrons. The van der Waals surface area contributed by atoms with E-state index in [4.69, 9.17) is 11.6 Å². The Balaban J connectivity index is 1.79. The molecular formula is C21H20ClFN4O. The zero-order valence-corrected chi connectivity index (χ0v) is 16.5. The number of hydrogen-bond acceptors (Lipinski definition) is 4. The van der Waals surface area contributed by atoms with Gasteiger partial charge in [-0.2, -0.15) is 0 Å². The largest absolute Gasteiger partial charge is 0.358 e. The van der Waals surface area contributed by atoms with E-state index in [1.165, 1.54) is 24.3 Å². The van der Waals surface area contributed by atoms with Gasteiger partial charge in [0.15, 0.2) is 5.82 Å². The lowest BCUT2D eigenvalue weighted by molar-refractivity contribution is -0.116. The molecule has 0 aliphatic carbocycles. The monoisotopic (exact) mass is 398 g/mol. The van der Waals surface area contributed by atoms with E-state index in [2.05, 4.69) is 20.6 Å². The van der Waals surface area contributed by atoms with E-state index in [9.17, 15) is 9.18 Å². The number of nitrogens with zero attached hydrogens (tertiary/aromatic N) is 2. The number of carbonyl (C=O) groups is 1. The van der Waals surface area contributed by atoms with Crippen molar-refractivity contribution in [2.75, 3.05) is 10.6 Å². The minimum atomic E-state index is -0.559. The molecule has 7 heteroatoms.